The first-order valence-electron chi connectivity index (χ1n) is 8.62. The van der Waals surface area contributed by atoms with Gasteiger partial charge in [0.15, 0.2) is 5.78 Å². The Hall–Kier alpha value is -3.25. The van der Waals surface area contributed by atoms with Crippen LogP contribution in [-0.2, 0) is 4.79 Å². The molecule has 0 spiro atoms. The number of ketones is 1. The summed E-state index contributed by atoms with van der Waals surface area (Å²) >= 11 is 0. The third-order valence-electron chi connectivity index (χ3n) is 4.37. The number of hydrogen-bond acceptors (Lipinski definition) is 5. The number of carbonyl (C=O) groups is 1. The van der Waals surface area contributed by atoms with Crippen LogP contribution in [0.3, 0.4) is 0 Å². The largest absolute Gasteiger partial charge is 0.497 e. The first-order valence-corrected chi connectivity index (χ1v) is 8.62. The summed E-state index contributed by atoms with van der Waals surface area (Å²) in [4.78, 5) is 23.3. The van der Waals surface area contributed by atoms with Gasteiger partial charge in [-0.15, -0.1) is 0 Å². The normalized spacial score (nSPS) is 17.7. The van der Waals surface area contributed by atoms with Gasteiger partial charge in [-0.2, -0.15) is 0 Å². The zero-order chi connectivity index (χ0) is 19.2. The monoisotopic (exact) mass is 364 g/mol. The van der Waals surface area contributed by atoms with E-state index in [9.17, 15) is 14.9 Å². The minimum Gasteiger partial charge on any atom is -0.497 e. The molecule has 0 bridgehead atoms. The number of benzene rings is 2. The molecule has 1 aliphatic heterocycles. The number of nitrogens with one attached hydrogen (secondary N) is 1. The summed E-state index contributed by atoms with van der Waals surface area (Å²) < 4.78 is 5.16. The van der Waals surface area contributed by atoms with E-state index >= 15 is 0 Å². The molecule has 0 atom stereocenters. The highest BCUT2D eigenvalue weighted by molar-refractivity contribution is 6.13. The van der Waals surface area contributed by atoms with Gasteiger partial charge in [-0.3, -0.25) is 14.9 Å². The number of rotatable bonds is 4. The molecular formula is C21H20N2O4. The Morgan fingerprint density at radius 1 is 1.00 bits per heavy atom. The van der Waals surface area contributed by atoms with Gasteiger partial charge >= 0.3 is 0 Å². The second kappa shape index (κ2) is 8.42. The lowest BCUT2D eigenvalue weighted by Crippen LogP contribution is -2.16. The molecule has 0 aromatic heterocycles. The molecule has 1 saturated heterocycles. The fraction of sp³-hybridized carbons (Fsp3) is 0.190. The Bertz CT molecular complexity index is 897. The average Bonchev–Trinajstić information content (AvgIpc) is 2.85. The van der Waals surface area contributed by atoms with Crippen molar-refractivity contribution in [2.45, 2.75) is 6.42 Å². The van der Waals surface area contributed by atoms with Crippen LogP contribution in [-0.4, -0.2) is 30.9 Å². The first kappa shape index (κ1) is 18.5. The number of non-ortho nitro benzene ring substituents is 1. The molecule has 2 aromatic rings. The zero-order valence-corrected chi connectivity index (χ0v) is 15.0. The van der Waals surface area contributed by atoms with E-state index in [-0.39, 0.29) is 11.5 Å². The summed E-state index contributed by atoms with van der Waals surface area (Å²) in [6, 6.07) is 13.7. The molecule has 0 unspecified atom stereocenters. The van der Waals surface area contributed by atoms with Gasteiger partial charge in [0.05, 0.1) is 12.0 Å². The zero-order valence-electron chi connectivity index (χ0n) is 15.0. The van der Waals surface area contributed by atoms with Gasteiger partial charge < -0.3 is 10.1 Å². The van der Waals surface area contributed by atoms with Crippen molar-refractivity contribution in [2.24, 2.45) is 0 Å². The van der Waals surface area contributed by atoms with Gasteiger partial charge in [-0.25, -0.2) is 0 Å². The minimum atomic E-state index is -0.437. The second-order valence-corrected chi connectivity index (χ2v) is 6.22. The van der Waals surface area contributed by atoms with E-state index in [4.69, 9.17) is 4.74 Å². The van der Waals surface area contributed by atoms with Crippen LogP contribution in [0.4, 0.5) is 5.69 Å². The summed E-state index contributed by atoms with van der Waals surface area (Å²) in [7, 11) is 1.61. The Kier molecular flexibility index (Phi) is 5.78. The van der Waals surface area contributed by atoms with Crippen molar-refractivity contribution < 1.29 is 14.5 Å². The van der Waals surface area contributed by atoms with E-state index in [2.05, 4.69) is 5.32 Å². The SMILES string of the molecule is COc1ccc(/C=C2\CNCC/C(=C\c3ccc([N+](=O)[O-])cc3)C2=O)cc1. The lowest BCUT2D eigenvalue weighted by atomic mass is 9.98. The Balaban J connectivity index is 1.86. The number of hydrogen-bond donors (Lipinski definition) is 1. The van der Waals surface area contributed by atoms with Gasteiger partial charge in [0.25, 0.3) is 5.69 Å². The molecule has 1 N–H and O–H groups in total. The maximum absolute atomic E-state index is 12.9. The van der Waals surface area contributed by atoms with Crippen molar-refractivity contribution in [1.29, 1.82) is 0 Å². The topological polar surface area (TPSA) is 81.5 Å². The fourth-order valence-electron chi connectivity index (χ4n) is 2.90. The predicted octanol–water partition coefficient (Wildman–Crippen LogP) is 3.63. The van der Waals surface area contributed by atoms with Crippen molar-refractivity contribution in [3.63, 3.8) is 0 Å². The van der Waals surface area contributed by atoms with Crippen molar-refractivity contribution in [3.8, 4) is 5.75 Å². The smallest absolute Gasteiger partial charge is 0.269 e. The highest BCUT2D eigenvalue weighted by Crippen LogP contribution is 2.21. The number of carbonyl (C=O) groups excluding carboxylic acids is 1. The van der Waals surface area contributed by atoms with Gasteiger partial charge in [-0.1, -0.05) is 12.1 Å². The Morgan fingerprint density at radius 2 is 1.59 bits per heavy atom. The van der Waals surface area contributed by atoms with Crippen LogP contribution in [0.5, 0.6) is 5.75 Å². The van der Waals surface area contributed by atoms with Gasteiger partial charge in [0, 0.05) is 29.8 Å². The average molecular weight is 364 g/mol. The molecule has 3 rings (SSSR count). The third-order valence-corrected chi connectivity index (χ3v) is 4.37. The van der Waals surface area contributed by atoms with Crippen molar-refractivity contribution >= 4 is 23.6 Å². The molecule has 6 nitrogen and oxygen atoms in total. The highest BCUT2D eigenvalue weighted by atomic mass is 16.6. The van der Waals surface area contributed by atoms with Gasteiger partial charge in [-0.05, 0) is 60.5 Å². The number of nitro benzene ring substituents is 1. The number of ether oxygens (including phenoxy) is 1. The van der Waals surface area contributed by atoms with Crippen LogP contribution < -0.4 is 10.1 Å². The van der Waals surface area contributed by atoms with Crippen LogP contribution in [0.2, 0.25) is 0 Å². The van der Waals surface area contributed by atoms with Crippen molar-refractivity contribution in [3.05, 3.63) is 80.9 Å². The van der Waals surface area contributed by atoms with E-state index in [0.29, 0.717) is 30.7 Å². The molecule has 6 heteroatoms. The van der Waals surface area contributed by atoms with Crippen molar-refractivity contribution in [1.82, 2.24) is 5.32 Å². The highest BCUT2D eigenvalue weighted by Gasteiger charge is 2.18. The maximum Gasteiger partial charge on any atom is 0.269 e. The molecule has 1 fully saturated rings. The lowest BCUT2D eigenvalue weighted by Gasteiger charge is -2.06. The predicted molar refractivity (Wildman–Crippen MR) is 105 cm³/mol. The molecule has 0 saturated carbocycles. The van der Waals surface area contributed by atoms with E-state index in [0.717, 1.165) is 16.9 Å². The number of nitro groups is 1. The molecule has 27 heavy (non-hydrogen) atoms. The van der Waals surface area contributed by atoms with Crippen LogP contribution in [0, 0.1) is 10.1 Å². The van der Waals surface area contributed by atoms with E-state index in [1.807, 2.05) is 30.3 Å². The number of Topliss-reactive ketones (excluding diaryl/α,β-unsaturated/α-hetero) is 1. The molecule has 138 valence electrons. The summed E-state index contributed by atoms with van der Waals surface area (Å²) in [5.41, 5.74) is 3.11. The standard InChI is InChI=1S/C21H20N2O4/c1-27-20-8-4-16(5-9-20)13-18-14-22-11-10-17(21(18)24)12-15-2-6-19(7-3-15)23(25)26/h2-9,12-13,22H,10-11,14H2,1H3/b17-12+,18-13+. The second-order valence-electron chi connectivity index (χ2n) is 6.22. The third kappa shape index (κ3) is 4.68. The molecule has 2 aromatic carbocycles. The summed E-state index contributed by atoms with van der Waals surface area (Å²) in [6.07, 6.45) is 4.29. The lowest BCUT2D eigenvalue weighted by molar-refractivity contribution is -0.384. The van der Waals surface area contributed by atoms with Gasteiger partial charge in [0.1, 0.15) is 5.75 Å². The van der Waals surface area contributed by atoms with Crippen LogP contribution in [0.15, 0.2) is 59.7 Å². The summed E-state index contributed by atoms with van der Waals surface area (Å²) in [5, 5.41) is 14.0. The number of nitrogens with zero attached hydrogens (tertiary/aromatic N) is 1. The van der Waals surface area contributed by atoms with E-state index in [1.165, 1.54) is 12.1 Å². The summed E-state index contributed by atoms with van der Waals surface area (Å²) in [6.45, 7) is 1.20. The Labute approximate surface area is 157 Å². The minimum absolute atomic E-state index is 0.00540. The number of methoxy groups -OCH3 is 1. The maximum atomic E-state index is 12.9. The summed E-state index contributed by atoms with van der Waals surface area (Å²) in [5.74, 6) is 0.760. The molecular weight excluding hydrogens is 344 g/mol. The molecule has 0 radical (unpaired) electrons. The molecule has 0 aliphatic carbocycles. The Morgan fingerprint density at radius 3 is 2.19 bits per heavy atom. The molecule has 0 amide bonds. The van der Waals surface area contributed by atoms with Crippen LogP contribution >= 0.6 is 0 Å². The fourth-order valence-corrected chi connectivity index (χ4v) is 2.90. The van der Waals surface area contributed by atoms with Gasteiger partial charge in [0.2, 0.25) is 0 Å². The molecule has 1 aliphatic rings. The quantitative estimate of drug-likeness (QED) is 0.509. The van der Waals surface area contributed by atoms with E-state index in [1.54, 1.807) is 25.3 Å². The van der Waals surface area contributed by atoms with E-state index < -0.39 is 4.92 Å². The van der Waals surface area contributed by atoms with Crippen LogP contribution in [0.25, 0.3) is 12.2 Å². The molecule has 1 heterocycles. The van der Waals surface area contributed by atoms with Crippen LogP contribution in [0.1, 0.15) is 17.5 Å². The van der Waals surface area contributed by atoms with Crippen molar-refractivity contribution in [2.75, 3.05) is 20.2 Å². The first-order chi connectivity index (χ1) is 13.1.